The van der Waals surface area contributed by atoms with Crippen LogP contribution in [0.15, 0.2) is 53.1 Å². The first-order valence-electron chi connectivity index (χ1n) is 17.5. The Hall–Kier alpha value is -5.12. The van der Waals surface area contributed by atoms with Gasteiger partial charge in [-0.1, -0.05) is 51.1 Å². The maximum absolute atomic E-state index is 13.9. The van der Waals surface area contributed by atoms with Crippen molar-refractivity contribution in [2.75, 3.05) is 7.11 Å². The van der Waals surface area contributed by atoms with Crippen molar-refractivity contribution in [3.8, 4) is 11.5 Å². The molecule has 1 aromatic rings. The molecule has 0 radical (unpaired) electrons. The van der Waals surface area contributed by atoms with Crippen LogP contribution in [0.3, 0.4) is 0 Å². The third kappa shape index (κ3) is 8.17. The Labute approximate surface area is 313 Å². The summed E-state index contributed by atoms with van der Waals surface area (Å²) < 4.78 is 23.7. The van der Waals surface area contributed by atoms with E-state index < -0.39 is 100 Å². The van der Waals surface area contributed by atoms with Crippen molar-refractivity contribution in [3.63, 3.8) is 0 Å². The Morgan fingerprint density at radius 3 is 2.20 bits per heavy atom. The lowest BCUT2D eigenvalue weighted by Crippen LogP contribution is -2.46. The lowest BCUT2D eigenvalue weighted by molar-refractivity contribution is -0.160. The fourth-order valence-corrected chi connectivity index (χ4v) is 6.87. The van der Waals surface area contributed by atoms with Crippen molar-refractivity contribution >= 4 is 35.1 Å². The molecule has 15 nitrogen and oxygen atoms in total. The Bertz CT molecular complexity index is 1870. The second-order valence-corrected chi connectivity index (χ2v) is 14.1. The summed E-state index contributed by atoms with van der Waals surface area (Å²) in [6, 6.07) is 0. The molecule has 0 spiro atoms. The summed E-state index contributed by atoms with van der Waals surface area (Å²) in [5, 5.41) is 40.4. The number of aromatic hydroxyl groups is 1. The van der Waals surface area contributed by atoms with E-state index in [1.54, 1.807) is 39.8 Å². The van der Waals surface area contributed by atoms with Crippen molar-refractivity contribution in [3.05, 3.63) is 70.2 Å². The summed E-state index contributed by atoms with van der Waals surface area (Å²) in [7, 11) is 1.42. The number of carbonyl (C=O) groups is 5. The lowest BCUT2D eigenvalue weighted by Gasteiger charge is -2.38. The first kappa shape index (κ1) is 41.6. The number of methoxy groups -OCH3 is 1. The normalized spacial score (nSPS) is 33.4. The van der Waals surface area contributed by atoms with Gasteiger partial charge in [0.1, 0.15) is 17.6 Å². The van der Waals surface area contributed by atoms with Gasteiger partial charge >= 0.3 is 11.9 Å². The molecule has 5 rings (SSSR count). The smallest absolute Gasteiger partial charge is 0.331 e. The number of fused-ring (bicyclic) bond motifs is 14. The number of benzene rings is 1. The minimum Gasteiger partial charge on any atom is -0.507 e. The molecular formula is C39H48N2O13. The molecule has 292 valence electrons. The maximum Gasteiger partial charge on any atom is 0.331 e. The van der Waals surface area contributed by atoms with Crippen molar-refractivity contribution in [1.82, 2.24) is 5.32 Å². The van der Waals surface area contributed by atoms with E-state index in [4.69, 9.17) is 23.8 Å². The number of rotatable bonds is 3. The minimum absolute atomic E-state index is 0.0294. The van der Waals surface area contributed by atoms with Gasteiger partial charge in [0.15, 0.2) is 11.5 Å². The first-order chi connectivity index (χ1) is 25.2. The van der Waals surface area contributed by atoms with Crippen LogP contribution in [0.2, 0.25) is 0 Å². The molecule has 1 aromatic carbocycles. The van der Waals surface area contributed by atoms with Crippen molar-refractivity contribution < 1.29 is 63.1 Å². The minimum atomic E-state index is -1.92. The molecule has 9 atom stereocenters. The van der Waals surface area contributed by atoms with E-state index in [1.165, 1.54) is 53.2 Å². The molecule has 15 heteroatoms. The van der Waals surface area contributed by atoms with Gasteiger partial charge in [0.2, 0.25) is 5.78 Å². The van der Waals surface area contributed by atoms with E-state index in [2.05, 4.69) is 10.5 Å². The molecule has 3 heterocycles. The van der Waals surface area contributed by atoms with Gasteiger partial charge in [0.25, 0.3) is 11.7 Å². The largest absolute Gasteiger partial charge is 0.507 e. The number of hydrogen-bond acceptors (Lipinski definition) is 14. The van der Waals surface area contributed by atoms with E-state index in [1.807, 2.05) is 0 Å². The molecule has 1 aliphatic carbocycles. The molecule has 4 N–H and O–H groups in total. The number of esters is 1. The first-order valence-corrected chi connectivity index (χ1v) is 17.5. The standard InChI is InChI=1S/C39H48N2O13/c1-17-12-11-13-18(2)38(49)40-25-16-26(44)28-29(34(25)48)33(47)22(6)36-30(28)37(41-54-24(8)43)39(9,53-36)51-15-14-27(50-10)19(3)35(52-23(7)42)21(5)32(46)20(4)31(17)45/h11-17,19-21,27,31-32,35,45-47H,1-10H3,(H,40,49)/b12-11+,15-14+,18-13-,41-37-/t17-,19+,20+,21+,27-,31-,32+,35+,39-/m0/s1. The molecular weight excluding hydrogens is 704 g/mol. The lowest BCUT2D eigenvalue weighted by atomic mass is 9.78. The molecule has 0 saturated heterocycles. The van der Waals surface area contributed by atoms with Crippen LogP contribution in [0.25, 0.3) is 0 Å². The number of carbonyl (C=O) groups excluding carboxylic acids is 5. The number of Topliss-reactive ketones (excluding diaryl/α,β-unsaturated/α-hetero) is 1. The zero-order valence-electron chi connectivity index (χ0n) is 32.0. The van der Waals surface area contributed by atoms with E-state index in [-0.39, 0.29) is 33.7 Å². The van der Waals surface area contributed by atoms with Gasteiger partial charge in [-0.05, 0) is 19.9 Å². The van der Waals surface area contributed by atoms with E-state index in [0.29, 0.717) is 0 Å². The fraction of sp³-hybridized carbons (Fsp3) is 0.487. The molecule has 3 aliphatic heterocycles. The SMILES string of the molecule is CO[C@H]1/C=C/O[C@@]2(C)Oc3c(C)c(O)c4c(c3/C2=N/OC(C)=O)C(=O)C=C(NC(=O)/C(C)=C\C=C\[C@H](C)[C@H](O)[C@@H](C)[C@@H](O)[C@@H](C)[C@H](OC(C)=O)[C@@H]1C)C4=O. The average molecular weight is 753 g/mol. The molecule has 0 saturated carbocycles. The maximum atomic E-state index is 13.9. The van der Waals surface area contributed by atoms with E-state index in [0.717, 1.165) is 13.0 Å². The summed E-state index contributed by atoms with van der Waals surface area (Å²) in [6.45, 7) is 13.5. The summed E-state index contributed by atoms with van der Waals surface area (Å²) in [5.41, 5.74) is -1.27. The number of hydrogen-bond donors (Lipinski definition) is 4. The third-order valence-electron chi connectivity index (χ3n) is 10.1. The number of oxime groups is 1. The highest BCUT2D eigenvalue weighted by atomic mass is 16.7. The second kappa shape index (κ2) is 16.5. The van der Waals surface area contributed by atoms with Crippen LogP contribution in [0.4, 0.5) is 0 Å². The molecule has 1 amide bonds. The van der Waals surface area contributed by atoms with Crippen LogP contribution >= 0.6 is 0 Å². The second-order valence-electron chi connectivity index (χ2n) is 14.1. The highest BCUT2D eigenvalue weighted by Gasteiger charge is 2.51. The number of nitrogens with zero attached hydrogens (tertiary/aromatic N) is 1. The molecule has 0 aromatic heterocycles. The summed E-state index contributed by atoms with van der Waals surface area (Å²) in [6.07, 6.45) is 4.34. The molecule has 4 aliphatic rings. The summed E-state index contributed by atoms with van der Waals surface area (Å²) in [4.78, 5) is 70.1. The van der Waals surface area contributed by atoms with Gasteiger partial charge in [0.05, 0.1) is 47.0 Å². The van der Waals surface area contributed by atoms with Crippen molar-refractivity contribution in [2.24, 2.45) is 28.8 Å². The fourth-order valence-electron chi connectivity index (χ4n) is 6.87. The van der Waals surface area contributed by atoms with Gasteiger partial charge in [-0.2, -0.15) is 0 Å². The van der Waals surface area contributed by atoms with Gasteiger partial charge in [-0.25, -0.2) is 4.79 Å². The van der Waals surface area contributed by atoms with E-state index in [9.17, 15) is 39.3 Å². The monoisotopic (exact) mass is 752 g/mol. The van der Waals surface area contributed by atoms with Crippen LogP contribution in [0.1, 0.15) is 87.2 Å². The highest BCUT2D eigenvalue weighted by molar-refractivity contribution is 6.31. The van der Waals surface area contributed by atoms with Gasteiger partial charge in [0, 0.05) is 68.8 Å². The zero-order valence-corrected chi connectivity index (χ0v) is 32.0. The Morgan fingerprint density at radius 1 is 0.926 bits per heavy atom. The van der Waals surface area contributed by atoms with Gasteiger partial charge < -0.3 is 44.4 Å². The molecule has 54 heavy (non-hydrogen) atoms. The number of allylic oxidation sites excluding steroid dienone is 4. The number of phenolic OH excluding ortho intramolecular Hbond substituents is 1. The number of ether oxygens (including phenoxy) is 4. The van der Waals surface area contributed by atoms with Crippen LogP contribution in [-0.2, 0) is 33.4 Å². The number of ketones is 2. The van der Waals surface area contributed by atoms with Crippen molar-refractivity contribution in [2.45, 2.75) is 92.5 Å². The number of aliphatic hydroxyl groups excluding tert-OH is 2. The topological polar surface area (TPSA) is 217 Å². The number of phenols is 1. The van der Waals surface area contributed by atoms with Crippen LogP contribution in [-0.4, -0.2) is 87.8 Å². The number of amides is 1. The predicted molar refractivity (Wildman–Crippen MR) is 193 cm³/mol. The highest BCUT2D eigenvalue weighted by Crippen LogP contribution is 2.48. The van der Waals surface area contributed by atoms with Gasteiger partial charge in [-0.3, -0.25) is 19.2 Å². The Balaban J connectivity index is 1.91. The third-order valence-corrected chi connectivity index (χ3v) is 10.1. The quantitative estimate of drug-likeness (QED) is 0.197. The Kier molecular flexibility index (Phi) is 12.7. The Morgan fingerprint density at radius 2 is 1.59 bits per heavy atom. The van der Waals surface area contributed by atoms with Gasteiger partial charge in [-0.15, -0.1) is 0 Å². The van der Waals surface area contributed by atoms with Crippen LogP contribution in [0, 0.1) is 30.6 Å². The zero-order chi connectivity index (χ0) is 40.4. The summed E-state index contributed by atoms with van der Waals surface area (Å²) in [5.74, 6) is -8.90. The molecule has 5 bridgehead atoms. The van der Waals surface area contributed by atoms with E-state index >= 15 is 0 Å². The van der Waals surface area contributed by atoms with Crippen LogP contribution < -0.4 is 10.1 Å². The van der Waals surface area contributed by atoms with Crippen LogP contribution in [0.5, 0.6) is 11.5 Å². The number of aliphatic hydroxyl groups is 2. The predicted octanol–water partition coefficient (Wildman–Crippen LogP) is 3.71. The summed E-state index contributed by atoms with van der Waals surface area (Å²) >= 11 is 0. The van der Waals surface area contributed by atoms with Crippen molar-refractivity contribution in [1.29, 1.82) is 0 Å². The number of nitrogens with one attached hydrogen (secondary N) is 1. The average Bonchev–Trinajstić information content (AvgIpc) is 3.41. The molecule has 0 fully saturated rings. The molecule has 0 unspecified atom stereocenters.